The van der Waals surface area contributed by atoms with Crippen LogP contribution < -0.4 is 10.6 Å². The van der Waals surface area contributed by atoms with Crippen LogP contribution in [0, 0.1) is 6.92 Å². The number of anilines is 1. The SMILES string of the molecule is Cc1cc(CC(NC(=O)N2CCC3(CC2)OC(=O)Nc2ccccc23)C(=O)C=O)cc2cn[nH]c12. The molecule has 3 heterocycles. The van der Waals surface area contributed by atoms with Gasteiger partial charge in [0.15, 0.2) is 6.29 Å². The Morgan fingerprint density at radius 2 is 2.03 bits per heavy atom. The fourth-order valence-corrected chi connectivity index (χ4v) is 5.01. The van der Waals surface area contributed by atoms with Crippen molar-refractivity contribution in [3.8, 4) is 0 Å². The Hall–Kier alpha value is -4.21. The van der Waals surface area contributed by atoms with Crippen molar-refractivity contribution in [1.29, 1.82) is 0 Å². The third kappa shape index (κ3) is 4.23. The molecule has 2 aliphatic heterocycles. The molecule has 0 bridgehead atoms. The summed E-state index contributed by atoms with van der Waals surface area (Å²) in [4.78, 5) is 50.4. The number of urea groups is 1. The van der Waals surface area contributed by atoms with Crippen molar-refractivity contribution in [2.24, 2.45) is 0 Å². The minimum absolute atomic E-state index is 0.180. The summed E-state index contributed by atoms with van der Waals surface area (Å²) in [5.41, 5.74) is 3.47. The number of aromatic amines is 1. The average Bonchev–Trinajstić information content (AvgIpc) is 3.33. The quantitative estimate of drug-likeness (QED) is 0.384. The highest BCUT2D eigenvalue weighted by molar-refractivity contribution is 6.28. The van der Waals surface area contributed by atoms with Crippen LogP contribution in [-0.2, 0) is 26.3 Å². The minimum atomic E-state index is -0.989. The van der Waals surface area contributed by atoms with E-state index < -0.39 is 29.6 Å². The summed E-state index contributed by atoms with van der Waals surface area (Å²) in [7, 11) is 0. The summed E-state index contributed by atoms with van der Waals surface area (Å²) in [6.45, 7) is 2.58. The lowest BCUT2D eigenvalue weighted by molar-refractivity contribution is -0.131. The molecule has 1 atom stereocenters. The van der Waals surface area contributed by atoms with Gasteiger partial charge in [0, 0.05) is 43.3 Å². The summed E-state index contributed by atoms with van der Waals surface area (Å²) in [5, 5.41) is 13.3. The first-order valence-corrected chi connectivity index (χ1v) is 11.4. The molecule has 5 rings (SSSR count). The van der Waals surface area contributed by atoms with E-state index in [1.165, 1.54) is 0 Å². The standard InChI is InChI=1S/C25H25N5O5/c1-15-10-16(11-17-13-26-29-22(15)17)12-20(21(32)14-31)27-23(33)30-8-6-25(7-9-30)18-4-2-3-5-19(18)28-24(34)35-25/h2-5,10-11,13-14,20H,6-9,12H2,1H3,(H,26,29)(H,27,33)(H,28,34). The molecule has 10 nitrogen and oxygen atoms in total. The van der Waals surface area contributed by atoms with Gasteiger partial charge in [0.05, 0.1) is 17.4 Å². The Balaban J connectivity index is 1.29. The molecule has 2 aliphatic rings. The van der Waals surface area contributed by atoms with Crippen LogP contribution in [0.1, 0.15) is 29.5 Å². The predicted octanol–water partition coefficient (Wildman–Crippen LogP) is 2.81. The van der Waals surface area contributed by atoms with Crippen molar-refractivity contribution in [1.82, 2.24) is 20.4 Å². The number of para-hydroxylation sites is 1. The van der Waals surface area contributed by atoms with E-state index in [4.69, 9.17) is 4.74 Å². The van der Waals surface area contributed by atoms with Gasteiger partial charge >= 0.3 is 12.1 Å². The van der Waals surface area contributed by atoms with Crippen molar-refractivity contribution < 1.29 is 23.9 Å². The van der Waals surface area contributed by atoms with E-state index in [9.17, 15) is 19.2 Å². The Morgan fingerprint density at radius 3 is 2.80 bits per heavy atom. The summed E-state index contributed by atoms with van der Waals surface area (Å²) in [6.07, 6.45) is 2.45. The van der Waals surface area contributed by atoms with Crippen molar-refractivity contribution in [3.63, 3.8) is 0 Å². The molecule has 0 aliphatic carbocycles. The van der Waals surface area contributed by atoms with E-state index in [1.807, 2.05) is 43.3 Å². The van der Waals surface area contributed by atoms with Gasteiger partial charge in [-0.1, -0.05) is 24.3 Å². The number of piperidine rings is 1. The number of carbonyl (C=O) groups is 4. The number of hydrogen-bond acceptors (Lipinski definition) is 6. The summed E-state index contributed by atoms with van der Waals surface area (Å²) < 4.78 is 5.71. The number of rotatable bonds is 5. The van der Waals surface area contributed by atoms with E-state index >= 15 is 0 Å². The molecule has 1 unspecified atom stereocenters. The Morgan fingerprint density at radius 1 is 1.26 bits per heavy atom. The van der Waals surface area contributed by atoms with Gasteiger partial charge in [0.2, 0.25) is 5.78 Å². The zero-order valence-electron chi connectivity index (χ0n) is 19.2. The Labute approximate surface area is 201 Å². The van der Waals surface area contributed by atoms with Crippen LogP contribution in [0.25, 0.3) is 10.9 Å². The number of aldehydes is 1. The second-order valence-electron chi connectivity index (χ2n) is 9.01. The van der Waals surface area contributed by atoms with Crippen LogP contribution >= 0.6 is 0 Å². The highest BCUT2D eigenvalue weighted by Crippen LogP contribution is 2.43. The number of nitrogens with one attached hydrogen (secondary N) is 3. The normalized spacial score (nSPS) is 17.3. The molecule has 1 spiro atoms. The predicted molar refractivity (Wildman–Crippen MR) is 127 cm³/mol. The summed E-state index contributed by atoms with van der Waals surface area (Å²) in [6, 6.07) is 9.85. The Kier molecular flexibility index (Phi) is 5.72. The molecule has 35 heavy (non-hydrogen) atoms. The number of benzene rings is 2. The zero-order chi connectivity index (χ0) is 24.6. The number of likely N-dealkylation sites (tertiary alicyclic amines) is 1. The lowest BCUT2D eigenvalue weighted by Gasteiger charge is -2.44. The molecule has 10 heteroatoms. The van der Waals surface area contributed by atoms with Gasteiger partial charge in [0.25, 0.3) is 0 Å². The second kappa shape index (κ2) is 8.86. The molecule has 1 saturated heterocycles. The number of H-pyrrole nitrogens is 1. The molecule has 180 valence electrons. The largest absolute Gasteiger partial charge is 0.438 e. The van der Waals surface area contributed by atoms with Crippen molar-refractivity contribution >= 4 is 40.8 Å². The number of amides is 3. The van der Waals surface area contributed by atoms with Crippen LogP contribution in [0.3, 0.4) is 0 Å². The number of fused-ring (bicyclic) bond motifs is 3. The van der Waals surface area contributed by atoms with E-state index in [0.29, 0.717) is 31.6 Å². The Bertz CT molecular complexity index is 1320. The van der Waals surface area contributed by atoms with Crippen LogP contribution in [0.15, 0.2) is 42.6 Å². The molecule has 3 amide bonds. The minimum Gasteiger partial charge on any atom is -0.438 e. The maximum Gasteiger partial charge on any atom is 0.412 e. The van der Waals surface area contributed by atoms with E-state index in [1.54, 1.807) is 11.1 Å². The van der Waals surface area contributed by atoms with Gasteiger partial charge < -0.3 is 15.0 Å². The van der Waals surface area contributed by atoms with Gasteiger partial charge in [-0.3, -0.25) is 20.0 Å². The van der Waals surface area contributed by atoms with Crippen LogP contribution in [0.2, 0.25) is 0 Å². The maximum absolute atomic E-state index is 13.0. The first kappa shape index (κ1) is 22.6. The molecule has 1 fully saturated rings. The number of carbonyl (C=O) groups excluding carboxylic acids is 4. The molecular formula is C25H25N5O5. The molecule has 2 aromatic carbocycles. The topological polar surface area (TPSA) is 133 Å². The van der Waals surface area contributed by atoms with Gasteiger partial charge in [-0.25, -0.2) is 9.59 Å². The number of aryl methyl sites for hydroxylation is 1. The first-order chi connectivity index (χ1) is 16.9. The van der Waals surface area contributed by atoms with E-state index in [2.05, 4.69) is 20.8 Å². The summed E-state index contributed by atoms with van der Waals surface area (Å²) in [5.74, 6) is -0.696. The maximum atomic E-state index is 13.0. The lowest BCUT2D eigenvalue weighted by Crippen LogP contribution is -2.54. The lowest BCUT2D eigenvalue weighted by atomic mass is 9.82. The molecule has 0 saturated carbocycles. The zero-order valence-corrected chi connectivity index (χ0v) is 19.2. The van der Waals surface area contributed by atoms with Gasteiger partial charge in [-0.05, 0) is 30.2 Å². The molecule has 3 aromatic rings. The van der Waals surface area contributed by atoms with Gasteiger partial charge in [0.1, 0.15) is 11.6 Å². The number of nitrogens with zero attached hydrogens (tertiary/aromatic N) is 2. The highest BCUT2D eigenvalue weighted by Gasteiger charge is 2.45. The smallest absolute Gasteiger partial charge is 0.412 e. The third-order valence-corrected chi connectivity index (χ3v) is 6.80. The third-order valence-electron chi connectivity index (χ3n) is 6.80. The van der Waals surface area contributed by atoms with Gasteiger partial charge in [-0.2, -0.15) is 5.10 Å². The fourth-order valence-electron chi connectivity index (χ4n) is 5.01. The van der Waals surface area contributed by atoms with Crippen LogP contribution in [-0.4, -0.2) is 58.4 Å². The van der Waals surface area contributed by atoms with E-state index in [0.717, 1.165) is 27.6 Å². The second-order valence-corrected chi connectivity index (χ2v) is 9.01. The number of hydrogen-bond donors (Lipinski definition) is 3. The molecular weight excluding hydrogens is 450 g/mol. The average molecular weight is 476 g/mol. The monoisotopic (exact) mass is 475 g/mol. The first-order valence-electron chi connectivity index (χ1n) is 11.4. The van der Waals surface area contributed by atoms with Crippen molar-refractivity contribution in [2.45, 2.75) is 37.8 Å². The molecule has 1 aromatic heterocycles. The molecule has 0 radical (unpaired) electrons. The van der Waals surface area contributed by atoms with Crippen molar-refractivity contribution in [2.75, 3.05) is 18.4 Å². The molecule has 3 N–H and O–H groups in total. The summed E-state index contributed by atoms with van der Waals surface area (Å²) >= 11 is 0. The van der Waals surface area contributed by atoms with Gasteiger partial charge in [-0.15, -0.1) is 0 Å². The number of Topliss-reactive ketones (excluding diaryl/α,β-unsaturated/α-hetero) is 1. The van der Waals surface area contributed by atoms with Crippen LogP contribution in [0.5, 0.6) is 0 Å². The van der Waals surface area contributed by atoms with Crippen molar-refractivity contribution in [3.05, 3.63) is 59.3 Å². The fraction of sp³-hybridized carbons (Fsp3) is 0.320. The van der Waals surface area contributed by atoms with E-state index in [-0.39, 0.29) is 12.7 Å². The number of aromatic nitrogens is 2. The number of ketones is 1. The highest BCUT2D eigenvalue weighted by atomic mass is 16.6. The number of ether oxygens (including phenoxy) is 1. The van der Waals surface area contributed by atoms with Crippen LogP contribution in [0.4, 0.5) is 15.3 Å².